The van der Waals surface area contributed by atoms with Crippen molar-refractivity contribution in [2.75, 3.05) is 24.8 Å². The van der Waals surface area contributed by atoms with E-state index in [1.807, 2.05) is 6.26 Å². The van der Waals surface area contributed by atoms with Gasteiger partial charge in [0.05, 0.1) is 12.3 Å². The lowest BCUT2D eigenvalue weighted by atomic mass is 10.1. The first-order chi connectivity index (χ1) is 8.07. The molecule has 0 unspecified atom stereocenters. The van der Waals surface area contributed by atoms with Crippen LogP contribution in [-0.2, 0) is 14.8 Å². The summed E-state index contributed by atoms with van der Waals surface area (Å²) in [6.07, 6.45) is 3.64. The Morgan fingerprint density at radius 2 is 2.00 bits per heavy atom. The largest absolute Gasteiger partial charge is 0.353 e. The van der Waals surface area contributed by atoms with Crippen LogP contribution in [0.4, 0.5) is 0 Å². The number of hydrogen-bond acceptors (Lipinski definition) is 5. The molecule has 0 rings (SSSR count). The van der Waals surface area contributed by atoms with E-state index < -0.39 is 21.6 Å². The molecule has 0 saturated heterocycles. The topological polar surface area (TPSA) is 101 Å². The lowest BCUT2D eigenvalue weighted by Gasteiger charge is -2.26. The number of amides is 1. The van der Waals surface area contributed by atoms with E-state index in [-0.39, 0.29) is 12.5 Å². The van der Waals surface area contributed by atoms with Gasteiger partial charge in [-0.1, -0.05) is 0 Å². The van der Waals surface area contributed by atoms with Crippen LogP contribution < -0.4 is 15.8 Å². The molecule has 0 aromatic heterocycles. The Labute approximate surface area is 114 Å². The monoisotopic (exact) mass is 297 g/mol. The summed E-state index contributed by atoms with van der Waals surface area (Å²) in [7, 11) is -3.30. The third kappa shape index (κ3) is 8.73. The third-order valence-electron chi connectivity index (χ3n) is 2.14. The van der Waals surface area contributed by atoms with Gasteiger partial charge in [0.25, 0.3) is 0 Å². The van der Waals surface area contributed by atoms with Crippen LogP contribution in [0, 0.1) is 0 Å². The van der Waals surface area contributed by atoms with Crippen molar-refractivity contribution >= 4 is 27.7 Å². The maximum Gasteiger partial charge on any atom is 0.237 e. The minimum atomic E-state index is -3.30. The lowest BCUT2D eigenvalue weighted by Crippen LogP contribution is -2.53. The number of thioether (sulfide) groups is 1. The molecule has 108 valence electrons. The molecule has 0 spiro atoms. The fourth-order valence-electron chi connectivity index (χ4n) is 1.35. The molecule has 1 amide bonds. The number of sulfonamides is 1. The average Bonchev–Trinajstić information content (AvgIpc) is 2.19. The fourth-order valence-corrected chi connectivity index (χ4v) is 2.92. The van der Waals surface area contributed by atoms with Crippen LogP contribution in [-0.4, -0.2) is 50.7 Å². The van der Waals surface area contributed by atoms with Gasteiger partial charge in [0, 0.05) is 12.1 Å². The molecule has 0 radical (unpaired) electrons. The second kappa shape index (κ2) is 7.32. The van der Waals surface area contributed by atoms with Crippen LogP contribution in [0.25, 0.3) is 0 Å². The molecule has 0 aliphatic rings. The smallest absolute Gasteiger partial charge is 0.237 e. The summed E-state index contributed by atoms with van der Waals surface area (Å²) >= 11 is 1.63. The molecule has 0 aromatic rings. The number of rotatable bonds is 8. The Balaban J connectivity index is 4.19. The van der Waals surface area contributed by atoms with E-state index in [4.69, 9.17) is 5.73 Å². The van der Waals surface area contributed by atoms with Gasteiger partial charge in [0.1, 0.15) is 0 Å². The van der Waals surface area contributed by atoms with Crippen LogP contribution in [0.15, 0.2) is 0 Å². The SMILES string of the molecule is CSCC[C@H](N)C(=O)NCC(C)(C)NS(C)(=O)=O. The number of carbonyl (C=O) groups is 1. The average molecular weight is 297 g/mol. The zero-order valence-corrected chi connectivity index (χ0v) is 13.0. The molecule has 1 atom stereocenters. The van der Waals surface area contributed by atoms with Gasteiger partial charge in [-0.3, -0.25) is 4.79 Å². The standard InChI is InChI=1S/C10H23N3O3S2/c1-10(2,13-18(4,15)16)7-12-9(14)8(11)5-6-17-3/h8,13H,5-7,11H2,1-4H3,(H,12,14)/t8-/m0/s1. The van der Waals surface area contributed by atoms with E-state index in [1.165, 1.54) is 0 Å². The summed E-state index contributed by atoms with van der Waals surface area (Å²) < 4.78 is 24.7. The molecule has 0 heterocycles. The van der Waals surface area contributed by atoms with Gasteiger partial charge in [-0.15, -0.1) is 0 Å². The maximum absolute atomic E-state index is 11.6. The van der Waals surface area contributed by atoms with Gasteiger partial charge in [-0.2, -0.15) is 11.8 Å². The first-order valence-corrected chi connectivity index (χ1v) is 8.87. The van der Waals surface area contributed by atoms with Crippen molar-refractivity contribution in [3.05, 3.63) is 0 Å². The van der Waals surface area contributed by atoms with Crippen LogP contribution in [0.1, 0.15) is 20.3 Å². The summed E-state index contributed by atoms with van der Waals surface area (Å²) in [4.78, 5) is 11.6. The molecule has 0 aliphatic heterocycles. The zero-order chi connectivity index (χ0) is 14.4. The van der Waals surface area contributed by atoms with Crippen molar-refractivity contribution in [1.82, 2.24) is 10.0 Å². The van der Waals surface area contributed by atoms with E-state index >= 15 is 0 Å². The molecule has 0 fully saturated rings. The van der Waals surface area contributed by atoms with Gasteiger partial charge >= 0.3 is 0 Å². The normalized spacial score (nSPS) is 14.3. The summed E-state index contributed by atoms with van der Waals surface area (Å²) in [5, 5.41) is 2.65. The van der Waals surface area contributed by atoms with Crippen LogP contribution in [0.5, 0.6) is 0 Å². The Hall–Kier alpha value is -0.310. The highest BCUT2D eigenvalue weighted by atomic mass is 32.2. The molecule has 8 heteroatoms. The Kier molecular flexibility index (Phi) is 7.19. The Morgan fingerprint density at radius 1 is 1.44 bits per heavy atom. The lowest BCUT2D eigenvalue weighted by molar-refractivity contribution is -0.122. The summed E-state index contributed by atoms with van der Waals surface area (Å²) in [5.41, 5.74) is 4.96. The van der Waals surface area contributed by atoms with Crippen molar-refractivity contribution in [3.63, 3.8) is 0 Å². The molecule has 6 nitrogen and oxygen atoms in total. The van der Waals surface area contributed by atoms with E-state index in [0.717, 1.165) is 12.0 Å². The summed E-state index contributed by atoms with van der Waals surface area (Å²) in [5.74, 6) is 0.562. The molecule has 0 aromatic carbocycles. The number of carbonyl (C=O) groups excluding carboxylic acids is 1. The quantitative estimate of drug-likeness (QED) is 0.561. The molecule has 4 N–H and O–H groups in total. The van der Waals surface area contributed by atoms with Crippen LogP contribution >= 0.6 is 11.8 Å². The van der Waals surface area contributed by atoms with Crippen molar-refractivity contribution in [2.24, 2.45) is 5.73 Å². The fraction of sp³-hybridized carbons (Fsp3) is 0.900. The van der Waals surface area contributed by atoms with Crippen molar-refractivity contribution in [3.8, 4) is 0 Å². The molecule has 0 aliphatic carbocycles. The van der Waals surface area contributed by atoms with E-state index in [1.54, 1.807) is 25.6 Å². The highest BCUT2D eigenvalue weighted by Gasteiger charge is 2.23. The van der Waals surface area contributed by atoms with Gasteiger partial charge in [-0.05, 0) is 32.3 Å². The number of hydrogen-bond donors (Lipinski definition) is 3. The first kappa shape index (κ1) is 17.7. The minimum Gasteiger partial charge on any atom is -0.353 e. The third-order valence-corrected chi connectivity index (χ3v) is 3.70. The van der Waals surface area contributed by atoms with Crippen LogP contribution in [0.3, 0.4) is 0 Å². The van der Waals surface area contributed by atoms with E-state index in [2.05, 4.69) is 10.0 Å². The van der Waals surface area contributed by atoms with Gasteiger partial charge < -0.3 is 11.1 Å². The molecule has 18 heavy (non-hydrogen) atoms. The first-order valence-electron chi connectivity index (χ1n) is 5.58. The molecular weight excluding hydrogens is 274 g/mol. The van der Waals surface area contributed by atoms with Crippen LogP contribution in [0.2, 0.25) is 0 Å². The summed E-state index contributed by atoms with van der Waals surface area (Å²) in [6.45, 7) is 3.59. The Bertz CT molecular complexity index is 369. The second-order valence-corrected chi connectivity index (χ2v) is 7.60. The minimum absolute atomic E-state index is 0.200. The van der Waals surface area contributed by atoms with Gasteiger partial charge in [0.2, 0.25) is 15.9 Å². The van der Waals surface area contributed by atoms with Crippen molar-refractivity contribution in [2.45, 2.75) is 31.8 Å². The zero-order valence-electron chi connectivity index (χ0n) is 11.3. The predicted octanol–water partition coefficient (Wildman–Crippen LogP) is -0.489. The molecule has 0 saturated carbocycles. The number of nitrogens with two attached hydrogens (primary N) is 1. The van der Waals surface area contributed by atoms with Crippen molar-refractivity contribution in [1.29, 1.82) is 0 Å². The van der Waals surface area contributed by atoms with Gasteiger partial charge in [0.15, 0.2) is 0 Å². The van der Waals surface area contributed by atoms with Gasteiger partial charge in [-0.25, -0.2) is 13.1 Å². The second-order valence-electron chi connectivity index (χ2n) is 4.86. The highest BCUT2D eigenvalue weighted by Crippen LogP contribution is 2.03. The highest BCUT2D eigenvalue weighted by molar-refractivity contribution is 7.98. The molecule has 0 bridgehead atoms. The Morgan fingerprint density at radius 3 is 2.44 bits per heavy atom. The van der Waals surface area contributed by atoms with E-state index in [0.29, 0.717) is 6.42 Å². The number of nitrogens with one attached hydrogen (secondary N) is 2. The maximum atomic E-state index is 11.6. The predicted molar refractivity (Wildman–Crippen MR) is 76.0 cm³/mol. The van der Waals surface area contributed by atoms with Crippen molar-refractivity contribution < 1.29 is 13.2 Å². The molecular formula is C10H23N3O3S2. The van der Waals surface area contributed by atoms with E-state index in [9.17, 15) is 13.2 Å². The summed E-state index contributed by atoms with van der Waals surface area (Å²) in [6, 6.07) is -0.550.